The number of benzene rings is 1. The Balaban J connectivity index is 1.56. The number of nitrogens with zero attached hydrogens (tertiary/aromatic N) is 5. The van der Waals surface area contributed by atoms with Crippen molar-refractivity contribution in [3.63, 3.8) is 0 Å². The van der Waals surface area contributed by atoms with Crippen LogP contribution in [-0.4, -0.2) is 58.7 Å². The average molecular weight is 471 g/mol. The smallest absolute Gasteiger partial charge is 0.224 e. The van der Waals surface area contributed by atoms with Gasteiger partial charge in [-0.3, -0.25) is 4.79 Å². The van der Waals surface area contributed by atoms with E-state index in [1.54, 1.807) is 0 Å². The first kappa shape index (κ1) is 23.4. The van der Waals surface area contributed by atoms with E-state index in [1.165, 1.54) is 0 Å². The summed E-state index contributed by atoms with van der Waals surface area (Å²) in [5.41, 5.74) is 3.59. The van der Waals surface area contributed by atoms with Crippen LogP contribution in [0.1, 0.15) is 37.6 Å². The number of rotatable bonds is 8. The number of anilines is 1. The van der Waals surface area contributed by atoms with Crippen molar-refractivity contribution in [2.45, 2.75) is 40.0 Å². The van der Waals surface area contributed by atoms with E-state index in [9.17, 15) is 4.79 Å². The van der Waals surface area contributed by atoms with Gasteiger partial charge in [-0.25, -0.2) is 4.68 Å². The highest BCUT2D eigenvalue weighted by Gasteiger charge is 2.29. The Morgan fingerprint density at radius 1 is 1.24 bits per heavy atom. The first-order valence-electron chi connectivity index (χ1n) is 11.6. The Morgan fingerprint density at radius 3 is 2.79 bits per heavy atom. The topological polar surface area (TPSA) is 85.2 Å². The minimum Gasteiger partial charge on any atom is -0.382 e. The van der Waals surface area contributed by atoms with E-state index in [0.717, 1.165) is 59.6 Å². The van der Waals surface area contributed by atoms with Gasteiger partial charge in [-0.2, -0.15) is 10.2 Å². The summed E-state index contributed by atoms with van der Waals surface area (Å²) in [5.74, 6) is 0.749. The Kier molecular flexibility index (Phi) is 7.45. The lowest BCUT2D eigenvalue weighted by Gasteiger charge is -2.32. The Bertz CT molecular complexity index is 1110. The fourth-order valence-electron chi connectivity index (χ4n) is 4.42. The zero-order chi connectivity index (χ0) is 23.4. The number of aromatic nitrogens is 4. The molecule has 1 aromatic carbocycles. The predicted octanol–water partition coefficient (Wildman–Crippen LogP) is 3.84. The van der Waals surface area contributed by atoms with Gasteiger partial charge in [0.05, 0.1) is 28.4 Å². The fourth-order valence-corrected chi connectivity index (χ4v) is 4.54. The van der Waals surface area contributed by atoms with E-state index in [2.05, 4.69) is 20.4 Å². The van der Waals surface area contributed by atoms with Gasteiger partial charge in [0, 0.05) is 37.9 Å². The van der Waals surface area contributed by atoms with Crippen LogP contribution in [0.3, 0.4) is 0 Å². The van der Waals surface area contributed by atoms with Crippen LogP contribution >= 0.6 is 11.6 Å². The van der Waals surface area contributed by atoms with Crippen LogP contribution in [0.25, 0.3) is 16.6 Å². The van der Waals surface area contributed by atoms with Crippen molar-refractivity contribution in [1.29, 1.82) is 0 Å². The van der Waals surface area contributed by atoms with Gasteiger partial charge in [-0.05, 0) is 64.3 Å². The number of amides is 1. The number of aryl methyl sites for hydroxylation is 2. The Hall–Kier alpha value is -2.71. The second-order valence-corrected chi connectivity index (χ2v) is 8.87. The second-order valence-electron chi connectivity index (χ2n) is 8.43. The number of fused-ring (bicyclic) bond motifs is 1. The highest BCUT2D eigenvalue weighted by molar-refractivity contribution is 6.30. The van der Waals surface area contributed by atoms with Gasteiger partial charge in [-0.15, -0.1) is 5.10 Å². The lowest BCUT2D eigenvalue weighted by Crippen LogP contribution is -2.43. The molecule has 1 N–H and O–H groups in total. The van der Waals surface area contributed by atoms with Crippen LogP contribution < -0.4 is 10.2 Å². The normalized spacial score (nSPS) is 16.4. The van der Waals surface area contributed by atoms with Crippen LogP contribution in [0.2, 0.25) is 5.02 Å². The third-order valence-electron chi connectivity index (χ3n) is 6.12. The molecule has 3 aromatic rings. The van der Waals surface area contributed by atoms with E-state index in [1.807, 2.05) is 49.7 Å². The van der Waals surface area contributed by atoms with E-state index in [4.69, 9.17) is 21.4 Å². The van der Waals surface area contributed by atoms with Crippen molar-refractivity contribution >= 4 is 34.2 Å². The molecule has 0 spiro atoms. The molecule has 33 heavy (non-hydrogen) atoms. The van der Waals surface area contributed by atoms with Crippen molar-refractivity contribution in [3.8, 4) is 5.69 Å². The molecule has 3 heterocycles. The number of halogens is 1. The van der Waals surface area contributed by atoms with Crippen molar-refractivity contribution in [2.75, 3.05) is 37.7 Å². The summed E-state index contributed by atoms with van der Waals surface area (Å²) >= 11 is 6.07. The van der Waals surface area contributed by atoms with Crippen LogP contribution in [0, 0.1) is 19.8 Å². The molecule has 0 aliphatic carbocycles. The van der Waals surface area contributed by atoms with E-state index >= 15 is 0 Å². The summed E-state index contributed by atoms with van der Waals surface area (Å²) in [6.07, 6.45) is 2.61. The van der Waals surface area contributed by atoms with E-state index in [0.29, 0.717) is 31.3 Å². The fraction of sp³-hybridized carbons (Fsp3) is 0.500. The molecule has 1 amide bonds. The third kappa shape index (κ3) is 5.12. The molecular formula is C24H31ClN6O2. The first-order valence-corrected chi connectivity index (χ1v) is 12.0. The van der Waals surface area contributed by atoms with Crippen molar-refractivity contribution in [1.82, 2.24) is 25.3 Å². The zero-order valence-electron chi connectivity index (χ0n) is 19.5. The molecule has 1 atom stereocenters. The number of ether oxygens (including phenoxy) is 1. The summed E-state index contributed by atoms with van der Waals surface area (Å²) in [4.78, 5) is 14.9. The largest absolute Gasteiger partial charge is 0.382 e. The lowest BCUT2D eigenvalue weighted by molar-refractivity contribution is -0.125. The third-order valence-corrected chi connectivity index (χ3v) is 6.37. The molecular weight excluding hydrogens is 440 g/mol. The molecule has 0 bridgehead atoms. The zero-order valence-corrected chi connectivity index (χ0v) is 20.2. The van der Waals surface area contributed by atoms with Crippen LogP contribution in [-0.2, 0) is 9.53 Å². The first-order chi connectivity index (χ1) is 16.0. The highest BCUT2D eigenvalue weighted by atomic mass is 35.5. The number of hydrogen-bond acceptors (Lipinski definition) is 6. The molecule has 8 nitrogen and oxygen atoms in total. The minimum atomic E-state index is -0.0801. The molecule has 1 saturated heterocycles. The monoisotopic (exact) mass is 470 g/mol. The van der Waals surface area contributed by atoms with Crippen LogP contribution in [0.4, 0.5) is 5.82 Å². The number of piperidine rings is 1. The predicted molar refractivity (Wildman–Crippen MR) is 130 cm³/mol. The number of nitrogens with one attached hydrogen (secondary N) is 1. The lowest BCUT2D eigenvalue weighted by atomic mass is 9.97. The second kappa shape index (κ2) is 10.5. The van der Waals surface area contributed by atoms with Gasteiger partial charge in [0.2, 0.25) is 5.91 Å². The van der Waals surface area contributed by atoms with E-state index < -0.39 is 0 Å². The molecule has 176 valence electrons. The summed E-state index contributed by atoms with van der Waals surface area (Å²) < 4.78 is 7.26. The van der Waals surface area contributed by atoms with Gasteiger partial charge in [0.25, 0.3) is 0 Å². The maximum absolute atomic E-state index is 12.8. The molecule has 1 aliphatic heterocycles. The molecule has 4 rings (SSSR count). The van der Waals surface area contributed by atoms with Crippen LogP contribution in [0.15, 0.2) is 24.3 Å². The summed E-state index contributed by atoms with van der Waals surface area (Å²) in [5, 5.41) is 18.6. The number of carbonyl (C=O) groups excluding carboxylic acids is 1. The van der Waals surface area contributed by atoms with E-state index in [-0.39, 0.29) is 11.8 Å². The van der Waals surface area contributed by atoms with Gasteiger partial charge < -0.3 is 15.0 Å². The number of hydrogen-bond donors (Lipinski definition) is 1. The van der Waals surface area contributed by atoms with Crippen LogP contribution in [0.5, 0.6) is 0 Å². The van der Waals surface area contributed by atoms with Gasteiger partial charge in [-0.1, -0.05) is 11.6 Å². The molecule has 1 fully saturated rings. The highest BCUT2D eigenvalue weighted by Crippen LogP contribution is 2.31. The maximum Gasteiger partial charge on any atom is 0.224 e. The summed E-state index contributed by atoms with van der Waals surface area (Å²) in [7, 11) is 0. The molecule has 9 heteroatoms. The van der Waals surface area contributed by atoms with Crippen molar-refractivity contribution < 1.29 is 9.53 Å². The van der Waals surface area contributed by atoms with Crippen molar-refractivity contribution in [2.24, 2.45) is 5.92 Å². The van der Waals surface area contributed by atoms with Gasteiger partial charge >= 0.3 is 0 Å². The average Bonchev–Trinajstić information content (AvgIpc) is 3.17. The van der Waals surface area contributed by atoms with Crippen molar-refractivity contribution in [3.05, 3.63) is 40.7 Å². The van der Waals surface area contributed by atoms with Gasteiger partial charge in [0.15, 0.2) is 5.82 Å². The molecule has 0 saturated carbocycles. The number of carbonyl (C=O) groups is 1. The maximum atomic E-state index is 12.8. The summed E-state index contributed by atoms with van der Waals surface area (Å²) in [6, 6.07) is 7.61. The standard InChI is InChI=1S/C24H31ClN6O2/c1-4-33-14-6-12-26-24(32)18-7-5-13-30(15-18)23-22-21(16(2)27-28-23)17(3)31(29-22)20-10-8-19(25)9-11-20/h8-11,18H,4-7,12-15H2,1-3H3,(H,26,32)/t18-/m0/s1. The minimum absolute atomic E-state index is 0.0801. The summed E-state index contributed by atoms with van der Waals surface area (Å²) in [6.45, 7) is 9.40. The molecule has 0 radical (unpaired) electrons. The van der Waals surface area contributed by atoms with Gasteiger partial charge in [0.1, 0.15) is 5.52 Å². The Labute approximate surface area is 199 Å². The molecule has 2 aromatic heterocycles. The molecule has 1 aliphatic rings. The Morgan fingerprint density at radius 2 is 2.03 bits per heavy atom. The quantitative estimate of drug-likeness (QED) is 0.503. The SMILES string of the molecule is CCOCCCNC(=O)[C@H]1CCCN(c2nnc(C)c3c(C)n(-c4ccc(Cl)cc4)nc23)C1. The molecule has 0 unspecified atom stereocenters.